The number of hydrogen-bond acceptors (Lipinski definition) is 5. The standard InChI is InChI=1S/C20H20ClN3O3/c1-13(25)17-18(14-6-8-15(21)9-7-14)23-27-19(17)20(26)24(2)12-10-16-5-3-4-11-22-16/h3-9,11,13,25H,10,12H2,1-2H3. The fourth-order valence-corrected chi connectivity index (χ4v) is 2.88. The van der Waals surface area contributed by atoms with Crippen LogP contribution in [0, 0.1) is 0 Å². The Morgan fingerprint density at radius 1 is 1.26 bits per heavy atom. The van der Waals surface area contributed by atoms with E-state index in [1.54, 1.807) is 44.4 Å². The van der Waals surface area contributed by atoms with Crippen LogP contribution in [0.2, 0.25) is 5.02 Å². The number of carbonyl (C=O) groups is 1. The molecule has 0 aliphatic heterocycles. The Kier molecular flexibility index (Phi) is 5.88. The van der Waals surface area contributed by atoms with Crippen molar-refractivity contribution in [1.29, 1.82) is 0 Å². The van der Waals surface area contributed by atoms with E-state index in [1.807, 2.05) is 18.2 Å². The molecule has 0 saturated carbocycles. The number of amides is 1. The van der Waals surface area contributed by atoms with Gasteiger partial charge in [-0.15, -0.1) is 0 Å². The molecule has 0 fully saturated rings. The number of carbonyl (C=O) groups excluding carboxylic acids is 1. The van der Waals surface area contributed by atoms with Crippen LogP contribution in [0.4, 0.5) is 0 Å². The quantitative estimate of drug-likeness (QED) is 0.698. The number of nitrogens with zero attached hydrogens (tertiary/aromatic N) is 3. The van der Waals surface area contributed by atoms with E-state index in [-0.39, 0.29) is 11.7 Å². The molecule has 2 aromatic heterocycles. The van der Waals surface area contributed by atoms with Gasteiger partial charge in [-0.2, -0.15) is 0 Å². The SMILES string of the molecule is CC(O)c1c(-c2ccc(Cl)cc2)noc1C(=O)N(C)CCc1ccccn1. The van der Waals surface area contributed by atoms with Gasteiger partial charge < -0.3 is 14.5 Å². The van der Waals surface area contributed by atoms with Crippen molar-refractivity contribution in [2.45, 2.75) is 19.4 Å². The van der Waals surface area contributed by atoms with E-state index in [0.29, 0.717) is 34.8 Å². The van der Waals surface area contributed by atoms with E-state index >= 15 is 0 Å². The van der Waals surface area contributed by atoms with E-state index < -0.39 is 6.10 Å². The first kappa shape index (κ1) is 19.1. The first-order valence-corrected chi connectivity index (χ1v) is 8.94. The molecule has 0 spiro atoms. The molecule has 0 aliphatic carbocycles. The number of aromatic nitrogens is 2. The highest BCUT2D eigenvalue weighted by Crippen LogP contribution is 2.31. The first-order chi connectivity index (χ1) is 13.0. The van der Waals surface area contributed by atoms with Gasteiger partial charge in [0.1, 0.15) is 5.69 Å². The predicted molar refractivity (Wildman–Crippen MR) is 102 cm³/mol. The summed E-state index contributed by atoms with van der Waals surface area (Å²) >= 11 is 5.92. The van der Waals surface area contributed by atoms with Crippen molar-refractivity contribution in [1.82, 2.24) is 15.0 Å². The van der Waals surface area contributed by atoms with Crippen molar-refractivity contribution in [3.63, 3.8) is 0 Å². The number of benzene rings is 1. The summed E-state index contributed by atoms with van der Waals surface area (Å²) in [6.45, 7) is 2.04. The number of rotatable bonds is 6. The number of pyridine rings is 1. The normalized spacial score (nSPS) is 12.0. The topological polar surface area (TPSA) is 79.5 Å². The molecule has 3 aromatic rings. The molecule has 1 amide bonds. The smallest absolute Gasteiger partial charge is 0.292 e. The molecule has 140 valence electrons. The molecule has 0 bridgehead atoms. The van der Waals surface area contributed by atoms with Crippen LogP contribution in [0.5, 0.6) is 0 Å². The molecule has 3 rings (SSSR count). The zero-order valence-corrected chi connectivity index (χ0v) is 15.8. The average Bonchev–Trinajstić information content (AvgIpc) is 3.12. The molecule has 1 aromatic carbocycles. The zero-order valence-electron chi connectivity index (χ0n) is 15.1. The third kappa shape index (κ3) is 4.35. The van der Waals surface area contributed by atoms with Gasteiger partial charge >= 0.3 is 0 Å². The molecular weight excluding hydrogens is 366 g/mol. The summed E-state index contributed by atoms with van der Waals surface area (Å²) in [6.07, 6.45) is 1.42. The molecule has 0 saturated heterocycles. The molecule has 7 heteroatoms. The highest BCUT2D eigenvalue weighted by Gasteiger charge is 2.28. The van der Waals surface area contributed by atoms with Crippen molar-refractivity contribution >= 4 is 17.5 Å². The summed E-state index contributed by atoms with van der Waals surface area (Å²) in [5, 5.41) is 14.8. The van der Waals surface area contributed by atoms with Crippen LogP contribution in [0.25, 0.3) is 11.3 Å². The third-order valence-electron chi connectivity index (χ3n) is 4.23. The van der Waals surface area contributed by atoms with Crippen molar-refractivity contribution in [3.8, 4) is 11.3 Å². The zero-order chi connectivity index (χ0) is 19.4. The average molecular weight is 386 g/mol. The van der Waals surface area contributed by atoms with Gasteiger partial charge in [0.05, 0.1) is 11.7 Å². The van der Waals surface area contributed by atoms with Gasteiger partial charge in [0.15, 0.2) is 0 Å². The van der Waals surface area contributed by atoms with Crippen LogP contribution in [-0.4, -0.2) is 39.6 Å². The van der Waals surface area contributed by atoms with E-state index in [1.165, 1.54) is 4.90 Å². The van der Waals surface area contributed by atoms with Gasteiger partial charge in [-0.25, -0.2) is 0 Å². The third-order valence-corrected chi connectivity index (χ3v) is 4.49. The van der Waals surface area contributed by atoms with Gasteiger partial charge in [0.25, 0.3) is 5.91 Å². The summed E-state index contributed by atoms with van der Waals surface area (Å²) in [6, 6.07) is 12.6. The first-order valence-electron chi connectivity index (χ1n) is 8.56. The molecule has 2 heterocycles. The molecule has 6 nitrogen and oxygen atoms in total. The lowest BCUT2D eigenvalue weighted by molar-refractivity contribution is 0.0746. The number of likely N-dealkylation sites (N-methyl/N-ethyl adjacent to an activating group) is 1. The van der Waals surface area contributed by atoms with Crippen LogP contribution < -0.4 is 0 Å². The molecule has 0 radical (unpaired) electrons. The Hall–Kier alpha value is -2.70. The molecule has 1 atom stereocenters. The van der Waals surface area contributed by atoms with Crippen LogP contribution in [0.1, 0.15) is 34.8 Å². The fraction of sp³-hybridized carbons (Fsp3) is 0.250. The Labute approximate surface area is 162 Å². The maximum Gasteiger partial charge on any atom is 0.292 e. The van der Waals surface area contributed by atoms with E-state index in [9.17, 15) is 9.90 Å². The number of hydrogen-bond donors (Lipinski definition) is 1. The highest BCUT2D eigenvalue weighted by molar-refractivity contribution is 6.30. The second-order valence-electron chi connectivity index (χ2n) is 6.25. The second kappa shape index (κ2) is 8.33. The fourth-order valence-electron chi connectivity index (χ4n) is 2.76. The number of aliphatic hydroxyl groups is 1. The Morgan fingerprint density at radius 3 is 2.63 bits per heavy atom. The largest absolute Gasteiger partial charge is 0.388 e. The summed E-state index contributed by atoms with van der Waals surface area (Å²) in [5.41, 5.74) is 2.41. The Bertz CT molecular complexity index is 908. The summed E-state index contributed by atoms with van der Waals surface area (Å²) in [7, 11) is 1.68. The number of halogens is 1. The lowest BCUT2D eigenvalue weighted by Gasteiger charge is -2.16. The van der Waals surface area contributed by atoms with Crippen LogP contribution in [0.3, 0.4) is 0 Å². The molecule has 27 heavy (non-hydrogen) atoms. The van der Waals surface area contributed by atoms with Crippen LogP contribution >= 0.6 is 11.6 Å². The predicted octanol–water partition coefficient (Wildman–Crippen LogP) is 3.76. The molecule has 1 unspecified atom stereocenters. The maximum absolute atomic E-state index is 12.8. The Balaban J connectivity index is 1.82. The highest BCUT2D eigenvalue weighted by atomic mass is 35.5. The number of aliphatic hydroxyl groups excluding tert-OH is 1. The monoisotopic (exact) mass is 385 g/mol. The van der Waals surface area contributed by atoms with Crippen molar-refractivity contribution in [2.24, 2.45) is 0 Å². The van der Waals surface area contributed by atoms with Crippen molar-refractivity contribution in [3.05, 3.63) is 70.7 Å². The minimum Gasteiger partial charge on any atom is -0.388 e. The van der Waals surface area contributed by atoms with Crippen molar-refractivity contribution < 1.29 is 14.4 Å². The minimum absolute atomic E-state index is 0.0403. The van der Waals surface area contributed by atoms with Gasteiger partial charge in [0.2, 0.25) is 5.76 Å². The molecule has 1 N–H and O–H groups in total. The van der Waals surface area contributed by atoms with E-state index in [4.69, 9.17) is 16.1 Å². The summed E-state index contributed by atoms with van der Waals surface area (Å²) in [5.74, 6) is -0.298. The Morgan fingerprint density at radius 2 is 2.00 bits per heavy atom. The van der Waals surface area contributed by atoms with Gasteiger partial charge in [-0.3, -0.25) is 9.78 Å². The van der Waals surface area contributed by atoms with Gasteiger partial charge in [-0.05, 0) is 31.2 Å². The van der Waals surface area contributed by atoms with Crippen molar-refractivity contribution in [2.75, 3.05) is 13.6 Å². The van der Waals surface area contributed by atoms with E-state index in [2.05, 4.69) is 10.1 Å². The lowest BCUT2D eigenvalue weighted by Crippen LogP contribution is -2.29. The molecular formula is C20H20ClN3O3. The lowest BCUT2D eigenvalue weighted by atomic mass is 10.0. The molecule has 0 aliphatic rings. The van der Waals surface area contributed by atoms with Crippen LogP contribution in [-0.2, 0) is 6.42 Å². The van der Waals surface area contributed by atoms with Gasteiger partial charge in [-0.1, -0.05) is 35.0 Å². The summed E-state index contributed by atoms with van der Waals surface area (Å²) in [4.78, 5) is 18.6. The van der Waals surface area contributed by atoms with Gasteiger partial charge in [0, 0.05) is 42.5 Å². The summed E-state index contributed by atoms with van der Waals surface area (Å²) < 4.78 is 5.33. The maximum atomic E-state index is 12.8. The second-order valence-corrected chi connectivity index (χ2v) is 6.69. The minimum atomic E-state index is -0.912. The van der Waals surface area contributed by atoms with E-state index in [0.717, 1.165) is 5.69 Å². The van der Waals surface area contributed by atoms with Crippen LogP contribution in [0.15, 0.2) is 53.2 Å².